The largest absolute Gasteiger partial charge is 0.278 e. The molecule has 74 heavy (non-hydrogen) atoms. The molecule has 0 amide bonds. The smallest absolute Gasteiger partial charge is 0.238 e. The number of aromatic nitrogens is 4. The van der Waals surface area contributed by atoms with Crippen LogP contribution in [0.25, 0.3) is 117 Å². The zero-order valence-electron chi connectivity index (χ0n) is 40.2. The Hall–Kier alpha value is -9.77. The predicted octanol–water partition coefficient (Wildman–Crippen LogP) is 17.3. The first-order chi connectivity index (χ1) is 36.7. The van der Waals surface area contributed by atoms with Crippen LogP contribution in [0.1, 0.15) is 22.3 Å². The van der Waals surface area contributed by atoms with Crippen molar-refractivity contribution >= 4 is 21.8 Å². The van der Waals surface area contributed by atoms with Crippen molar-refractivity contribution in [3.05, 3.63) is 289 Å². The van der Waals surface area contributed by atoms with Crippen LogP contribution in [0.15, 0.2) is 267 Å². The number of nitrogens with zero attached hydrogens (tertiary/aromatic N) is 4. The van der Waals surface area contributed by atoms with Crippen molar-refractivity contribution in [2.24, 2.45) is 0 Å². The summed E-state index contributed by atoms with van der Waals surface area (Å²) in [7, 11) is 0. The zero-order chi connectivity index (χ0) is 48.7. The molecule has 1 spiro atoms. The van der Waals surface area contributed by atoms with Crippen LogP contribution in [0.5, 0.6) is 0 Å². The minimum Gasteiger partial charge on any atom is -0.278 e. The minimum absolute atomic E-state index is 0.547. The number of hydrogen-bond donors (Lipinski definition) is 0. The van der Waals surface area contributed by atoms with Gasteiger partial charge in [0.1, 0.15) is 0 Å². The normalized spacial score (nSPS) is 12.7. The molecule has 2 aliphatic rings. The highest BCUT2D eigenvalue weighted by Gasteiger charge is 2.52. The Morgan fingerprint density at radius 3 is 1.14 bits per heavy atom. The Morgan fingerprint density at radius 2 is 0.649 bits per heavy atom. The lowest BCUT2D eigenvalue weighted by atomic mass is 9.70. The Labute approximate surface area is 429 Å². The lowest BCUT2D eigenvalue weighted by Crippen LogP contribution is -2.25. The van der Waals surface area contributed by atoms with Crippen molar-refractivity contribution in [3.63, 3.8) is 0 Å². The molecule has 2 aliphatic carbocycles. The van der Waals surface area contributed by atoms with Gasteiger partial charge in [0.25, 0.3) is 0 Å². The topological polar surface area (TPSA) is 43.6 Å². The Kier molecular flexibility index (Phi) is 9.45. The molecule has 13 aromatic rings. The molecule has 0 fully saturated rings. The van der Waals surface area contributed by atoms with Gasteiger partial charge in [-0.1, -0.05) is 243 Å². The molecule has 0 radical (unpaired) electrons. The van der Waals surface area contributed by atoms with Gasteiger partial charge in [0.15, 0.2) is 11.6 Å². The van der Waals surface area contributed by atoms with E-state index in [1.807, 2.05) is 0 Å². The Balaban J connectivity index is 1.06. The summed E-state index contributed by atoms with van der Waals surface area (Å²) in [6, 6.07) is 96.5. The van der Waals surface area contributed by atoms with E-state index in [1.165, 1.54) is 44.5 Å². The monoisotopic (exact) mass is 940 g/mol. The number of hydrogen-bond acceptors (Lipinski definition) is 3. The Morgan fingerprint density at radius 1 is 0.257 bits per heavy atom. The second-order valence-electron chi connectivity index (χ2n) is 19.5. The molecule has 0 N–H and O–H groups in total. The van der Waals surface area contributed by atoms with Crippen LogP contribution >= 0.6 is 0 Å². The van der Waals surface area contributed by atoms with Crippen LogP contribution in [0, 0.1) is 0 Å². The average Bonchev–Trinajstić information content (AvgIpc) is 4.17. The fraction of sp³-hybridized carbons (Fsp3) is 0.0143. The zero-order valence-corrected chi connectivity index (χ0v) is 40.2. The second kappa shape index (κ2) is 16.7. The molecule has 11 aromatic carbocycles. The predicted molar refractivity (Wildman–Crippen MR) is 303 cm³/mol. The van der Waals surface area contributed by atoms with Crippen LogP contribution in [-0.4, -0.2) is 19.5 Å². The molecule has 2 aromatic heterocycles. The van der Waals surface area contributed by atoms with Crippen molar-refractivity contribution in [3.8, 4) is 95.5 Å². The Bertz CT molecular complexity index is 4170. The van der Waals surface area contributed by atoms with Gasteiger partial charge in [-0.3, -0.25) is 4.57 Å². The number of benzene rings is 11. The molecule has 0 aliphatic heterocycles. The van der Waals surface area contributed by atoms with Gasteiger partial charge in [0.2, 0.25) is 5.95 Å². The van der Waals surface area contributed by atoms with E-state index < -0.39 is 5.41 Å². The maximum Gasteiger partial charge on any atom is 0.238 e. The molecule has 0 unspecified atom stereocenters. The van der Waals surface area contributed by atoms with Crippen LogP contribution in [-0.2, 0) is 5.41 Å². The lowest BCUT2D eigenvalue weighted by molar-refractivity contribution is 0.794. The van der Waals surface area contributed by atoms with E-state index in [9.17, 15) is 0 Å². The maximum absolute atomic E-state index is 5.58. The van der Waals surface area contributed by atoms with Gasteiger partial charge < -0.3 is 0 Å². The fourth-order valence-electron chi connectivity index (χ4n) is 12.2. The van der Waals surface area contributed by atoms with Gasteiger partial charge in [-0.15, -0.1) is 0 Å². The molecular formula is C70H44N4. The summed E-state index contributed by atoms with van der Waals surface area (Å²) in [5.74, 6) is 1.74. The van der Waals surface area contributed by atoms with Crippen molar-refractivity contribution in [1.82, 2.24) is 19.5 Å². The summed E-state index contributed by atoms with van der Waals surface area (Å²) < 4.78 is 2.33. The van der Waals surface area contributed by atoms with E-state index in [0.717, 1.165) is 77.4 Å². The first-order valence-corrected chi connectivity index (χ1v) is 25.3. The lowest BCUT2D eigenvalue weighted by Gasteiger charge is -2.30. The molecule has 0 bridgehead atoms. The fourth-order valence-corrected chi connectivity index (χ4v) is 12.2. The van der Waals surface area contributed by atoms with Gasteiger partial charge in [-0.05, 0) is 113 Å². The number of fused-ring (bicyclic) bond motifs is 13. The van der Waals surface area contributed by atoms with E-state index in [0.29, 0.717) is 17.6 Å². The van der Waals surface area contributed by atoms with Crippen molar-refractivity contribution in [2.45, 2.75) is 5.41 Å². The van der Waals surface area contributed by atoms with E-state index in [2.05, 4.69) is 271 Å². The molecular weight excluding hydrogens is 897 g/mol. The highest BCUT2D eigenvalue weighted by atomic mass is 15.2. The molecule has 2 heterocycles. The van der Waals surface area contributed by atoms with Crippen LogP contribution < -0.4 is 0 Å². The molecule has 344 valence electrons. The standard InChI is InChI=1S/C70H44N4/c1-5-19-45(20-6-1)48-33-37-51(38-34-48)67-71-68(52-39-35-49(36-40-52)46-21-7-2-8-22-46)73-69(72-67)74-64-44-63-58(56-29-15-18-32-62(56)70(63)60-30-16-13-27-54(60)55-28-14-17-31-61(55)70)43-59(64)66-57(50-25-11-4-12-26-50)41-53(42-65(66)74)47-23-9-3-10-24-47/h1-44H. The third kappa shape index (κ3) is 6.38. The first kappa shape index (κ1) is 42.0. The summed E-state index contributed by atoms with van der Waals surface area (Å²) >= 11 is 0. The summed E-state index contributed by atoms with van der Waals surface area (Å²) in [5.41, 5.74) is 22.6. The van der Waals surface area contributed by atoms with Crippen LogP contribution in [0.4, 0.5) is 0 Å². The molecule has 0 saturated carbocycles. The molecule has 15 rings (SSSR count). The average molecular weight is 941 g/mol. The van der Waals surface area contributed by atoms with Crippen molar-refractivity contribution < 1.29 is 0 Å². The highest BCUT2D eigenvalue weighted by molar-refractivity contribution is 6.18. The first-order valence-electron chi connectivity index (χ1n) is 25.3. The van der Waals surface area contributed by atoms with E-state index in [1.54, 1.807) is 0 Å². The third-order valence-corrected chi connectivity index (χ3v) is 15.5. The molecule has 0 saturated heterocycles. The highest BCUT2D eigenvalue weighted by Crippen LogP contribution is 2.63. The van der Waals surface area contributed by atoms with Crippen molar-refractivity contribution in [1.29, 1.82) is 0 Å². The quantitative estimate of drug-likeness (QED) is 0.160. The van der Waals surface area contributed by atoms with E-state index >= 15 is 0 Å². The maximum atomic E-state index is 5.58. The minimum atomic E-state index is -0.553. The van der Waals surface area contributed by atoms with E-state index in [4.69, 9.17) is 15.0 Å². The number of rotatable bonds is 7. The van der Waals surface area contributed by atoms with E-state index in [-0.39, 0.29) is 0 Å². The molecule has 0 atom stereocenters. The SMILES string of the molecule is c1ccc(-c2ccc(-c3nc(-c4ccc(-c5ccccc5)cc4)nc(-n4c5cc6c(cc5c5c(-c7ccccc7)cc(-c7ccccc7)cc54)-c4ccccc4C64c5ccccc5-c5ccccc54)n3)cc2)cc1. The summed E-state index contributed by atoms with van der Waals surface area (Å²) in [4.78, 5) is 16.5. The summed E-state index contributed by atoms with van der Waals surface area (Å²) in [6.45, 7) is 0. The summed E-state index contributed by atoms with van der Waals surface area (Å²) in [5, 5.41) is 2.27. The van der Waals surface area contributed by atoms with Gasteiger partial charge in [-0.25, -0.2) is 4.98 Å². The molecule has 4 heteroatoms. The van der Waals surface area contributed by atoms with Crippen LogP contribution in [0.2, 0.25) is 0 Å². The second-order valence-corrected chi connectivity index (χ2v) is 19.5. The van der Waals surface area contributed by atoms with Gasteiger partial charge in [-0.2, -0.15) is 9.97 Å². The van der Waals surface area contributed by atoms with Crippen LogP contribution in [0.3, 0.4) is 0 Å². The summed E-state index contributed by atoms with van der Waals surface area (Å²) in [6.07, 6.45) is 0. The third-order valence-electron chi connectivity index (χ3n) is 15.5. The molecule has 4 nitrogen and oxygen atoms in total. The van der Waals surface area contributed by atoms with Gasteiger partial charge >= 0.3 is 0 Å². The van der Waals surface area contributed by atoms with Gasteiger partial charge in [0.05, 0.1) is 16.4 Å². The van der Waals surface area contributed by atoms with Gasteiger partial charge in [0, 0.05) is 21.9 Å². The van der Waals surface area contributed by atoms with Crippen molar-refractivity contribution in [2.75, 3.05) is 0 Å².